The Kier molecular flexibility index (Phi) is 4.85. The van der Waals surface area contributed by atoms with Crippen molar-refractivity contribution in [1.82, 2.24) is 0 Å². The van der Waals surface area contributed by atoms with E-state index in [1.807, 2.05) is 37.3 Å². The van der Waals surface area contributed by atoms with E-state index in [-0.39, 0.29) is 5.75 Å². The van der Waals surface area contributed by atoms with Crippen LogP contribution >= 0.6 is 0 Å². The summed E-state index contributed by atoms with van der Waals surface area (Å²) in [5, 5.41) is 0. The van der Waals surface area contributed by atoms with Gasteiger partial charge in [-0.2, -0.15) is 0 Å². The number of hydrogen-bond acceptors (Lipinski definition) is 3. The lowest BCUT2D eigenvalue weighted by Gasteiger charge is -2.09. The van der Waals surface area contributed by atoms with Crippen LogP contribution in [0.4, 0.5) is 11.4 Å². The average molecular weight is 304 g/mol. The minimum Gasteiger partial charge on any atom is -0.398 e. The molecule has 2 aromatic rings. The van der Waals surface area contributed by atoms with Gasteiger partial charge in [0.05, 0.1) is 11.4 Å². The van der Waals surface area contributed by atoms with Crippen LogP contribution in [-0.2, 0) is 16.4 Å². The fourth-order valence-corrected chi connectivity index (χ4v) is 3.16. The van der Waals surface area contributed by atoms with Crippen LogP contribution in [0.3, 0.4) is 0 Å². The van der Waals surface area contributed by atoms with Gasteiger partial charge in [-0.25, -0.2) is 8.42 Å². The molecule has 0 amide bonds. The molecule has 112 valence electrons. The molecule has 2 aromatic carbocycles. The number of rotatable bonds is 6. The van der Waals surface area contributed by atoms with E-state index >= 15 is 0 Å². The summed E-state index contributed by atoms with van der Waals surface area (Å²) in [6.07, 6.45) is 1.33. The summed E-state index contributed by atoms with van der Waals surface area (Å²) in [5.41, 5.74) is 8.95. The van der Waals surface area contributed by atoms with Crippen LogP contribution in [0.25, 0.3) is 0 Å². The molecule has 5 heteroatoms. The maximum atomic E-state index is 12.0. The van der Waals surface area contributed by atoms with Crippen molar-refractivity contribution >= 4 is 21.4 Å². The normalized spacial score (nSPS) is 11.3. The SMILES string of the molecule is Cc1ccc(NS(=O)(=O)CCCc2ccccc2)cc1N. The van der Waals surface area contributed by atoms with Crippen molar-refractivity contribution < 1.29 is 8.42 Å². The third-order valence-electron chi connectivity index (χ3n) is 3.27. The number of nitrogens with two attached hydrogens (primary N) is 1. The number of nitrogen functional groups attached to an aromatic ring is 1. The molecule has 0 spiro atoms. The summed E-state index contributed by atoms with van der Waals surface area (Å²) in [6, 6.07) is 15.0. The maximum Gasteiger partial charge on any atom is 0.232 e. The Balaban J connectivity index is 1.91. The fourth-order valence-electron chi connectivity index (χ4n) is 2.05. The van der Waals surface area contributed by atoms with Crippen molar-refractivity contribution in [3.63, 3.8) is 0 Å². The Morgan fingerprint density at radius 2 is 1.81 bits per heavy atom. The highest BCUT2D eigenvalue weighted by atomic mass is 32.2. The maximum absolute atomic E-state index is 12.0. The monoisotopic (exact) mass is 304 g/mol. The van der Waals surface area contributed by atoms with Crippen LogP contribution in [0.1, 0.15) is 17.5 Å². The first-order valence-electron chi connectivity index (χ1n) is 6.87. The number of nitrogens with one attached hydrogen (secondary N) is 1. The molecule has 3 N–H and O–H groups in total. The summed E-state index contributed by atoms with van der Waals surface area (Å²) < 4.78 is 26.6. The summed E-state index contributed by atoms with van der Waals surface area (Å²) in [4.78, 5) is 0. The van der Waals surface area contributed by atoms with Gasteiger partial charge in [-0.15, -0.1) is 0 Å². The van der Waals surface area contributed by atoms with Crippen LogP contribution in [0.15, 0.2) is 48.5 Å². The number of anilines is 2. The molecule has 0 heterocycles. The Labute approximate surface area is 126 Å². The lowest BCUT2D eigenvalue weighted by atomic mass is 10.1. The first-order chi connectivity index (χ1) is 9.96. The van der Waals surface area contributed by atoms with Crippen molar-refractivity contribution in [2.75, 3.05) is 16.2 Å². The van der Waals surface area contributed by atoms with Gasteiger partial charge in [0.2, 0.25) is 10.0 Å². The van der Waals surface area contributed by atoms with Crippen molar-refractivity contribution in [1.29, 1.82) is 0 Å². The van der Waals surface area contributed by atoms with E-state index in [9.17, 15) is 8.42 Å². The van der Waals surface area contributed by atoms with Gasteiger partial charge in [0.15, 0.2) is 0 Å². The molecule has 0 saturated heterocycles. The Bertz CT molecular complexity index is 697. The molecule has 21 heavy (non-hydrogen) atoms. The van der Waals surface area contributed by atoms with Crippen LogP contribution in [0.2, 0.25) is 0 Å². The van der Waals surface area contributed by atoms with Crippen molar-refractivity contribution in [3.05, 3.63) is 59.7 Å². The molecular weight excluding hydrogens is 284 g/mol. The second kappa shape index (κ2) is 6.63. The van der Waals surface area contributed by atoms with E-state index in [0.717, 1.165) is 17.5 Å². The summed E-state index contributed by atoms with van der Waals surface area (Å²) >= 11 is 0. The molecule has 0 aliphatic rings. The first kappa shape index (κ1) is 15.4. The lowest BCUT2D eigenvalue weighted by Crippen LogP contribution is -2.17. The number of benzene rings is 2. The molecule has 0 aromatic heterocycles. The number of hydrogen-bond donors (Lipinski definition) is 2. The molecule has 0 saturated carbocycles. The quantitative estimate of drug-likeness (QED) is 0.806. The number of sulfonamides is 1. The predicted octanol–water partition coefficient (Wildman–Crippen LogP) is 2.95. The zero-order valence-electron chi connectivity index (χ0n) is 12.0. The smallest absolute Gasteiger partial charge is 0.232 e. The van der Waals surface area contributed by atoms with E-state index in [0.29, 0.717) is 17.8 Å². The molecular formula is C16H20N2O2S. The summed E-state index contributed by atoms with van der Waals surface area (Å²) in [5.74, 6) is 0.0929. The van der Waals surface area contributed by atoms with E-state index in [1.54, 1.807) is 18.2 Å². The van der Waals surface area contributed by atoms with Gasteiger partial charge in [-0.05, 0) is 43.0 Å². The molecule has 0 unspecified atom stereocenters. The lowest BCUT2D eigenvalue weighted by molar-refractivity contribution is 0.598. The summed E-state index contributed by atoms with van der Waals surface area (Å²) in [7, 11) is -3.34. The van der Waals surface area contributed by atoms with Gasteiger partial charge in [0.25, 0.3) is 0 Å². The first-order valence-corrected chi connectivity index (χ1v) is 8.52. The minimum absolute atomic E-state index is 0.0929. The molecule has 0 aliphatic carbocycles. The molecule has 0 radical (unpaired) electrons. The average Bonchev–Trinajstić information content (AvgIpc) is 2.43. The second-order valence-corrected chi connectivity index (χ2v) is 6.92. The third kappa shape index (κ3) is 4.79. The topological polar surface area (TPSA) is 72.2 Å². The fraction of sp³-hybridized carbons (Fsp3) is 0.250. The van der Waals surface area contributed by atoms with E-state index in [2.05, 4.69) is 4.72 Å². The predicted molar refractivity (Wildman–Crippen MR) is 87.8 cm³/mol. The number of aryl methyl sites for hydroxylation is 2. The van der Waals surface area contributed by atoms with E-state index in [4.69, 9.17) is 5.73 Å². The van der Waals surface area contributed by atoms with Crippen LogP contribution in [0.5, 0.6) is 0 Å². The zero-order valence-corrected chi connectivity index (χ0v) is 12.9. The summed E-state index contributed by atoms with van der Waals surface area (Å²) in [6.45, 7) is 1.88. The molecule has 0 atom stereocenters. The van der Waals surface area contributed by atoms with E-state index in [1.165, 1.54) is 0 Å². The molecule has 0 aliphatic heterocycles. The highest BCUT2D eigenvalue weighted by Gasteiger charge is 2.10. The molecule has 0 fully saturated rings. The highest BCUT2D eigenvalue weighted by Crippen LogP contribution is 2.18. The highest BCUT2D eigenvalue weighted by molar-refractivity contribution is 7.92. The molecule has 0 bridgehead atoms. The van der Waals surface area contributed by atoms with Gasteiger partial charge >= 0.3 is 0 Å². The third-order valence-corrected chi connectivity index (χ3v) is 4.65. The van der Waals surface area contributed by atoms with Gasteiger partial charge < -0.3 is 5.73 Å². The van der Waals surface area contributed by atoms with Gasteiger partial charge in [0, 0.05) is 5.69 Å². The Morgan fingerprint density at radius 3 is 2.48 bits per heavy atom. The van der Waals surface area contributed by atoms with E-state index < -0.39 is 10.0 Å². The minimum atomic E-state index is -3.34. The van der Waals surface area contributed by atoms with Crippen molar-refractivity contribution in [3.8, 4) is 0 Å². The molecule has 4 nitrogen and oxygen atoms in total. The Hall–Kier alpha value is -2.01. The van der Waals surface area contributed by atoms with Gasteiger partial charge in [0.1, 0.15) is 0 Å². The van der Waals surface area contributed by atoms with Crippen molar-refractivity contribution in [2.24, 2.45) is 0 Å². The largest absolute Gasteiger partial charge is 0.398 e. The Morgan fingerprint density at radius 1 is 1.10 bits per heavy atom. The second-order valence-electron chi connectivity index (χ2n) is 5.08. The van der Waals surface area contributed by atoms with Gasteiger partial charge in [-0.3, -0.25) is 4.72 Å². The van der Waals surface area contributed by atoms with Crippen LogP contribution in [0, 0.1) is 6.92 Å². The zero-order chi connectivity index (χ0) is 15.3. The standard InChI is InChI=1S/C16H20N2O2S/c1-13-9-10-15(12-16(13)17)18-21(19,20)11-5-8-14-6-3-2-4-7-14/h2-4,6-7,9-10,12,18H,5,8,11,17H2,1H3. The molecule has 2 rings (SSSR count). The van der Waals surface area contributed by atoms with Crippen LogP contribution < -0.4 is 10.5 Å². The van der Waals surface area contributed by atoms with Crippen LogP contribution in [-0.4, -0.2) is 14.2 Å². The van der Waals surface area contributed by atoms with Crippen molar-refractivity contribution in [2.45, 2.75) is 19.8 Å². The van der Waals surface area contributed by atoms with Gasteiger partial charge in [-0.1, -0.05) is 36.4 Å².